The van der Waals surface area contributed by atoms with Gasteiger partial charge in [-0.3, -0.25) is 14.4 Å². The second kappa shape index (κ2) is 7.81. The van der Waals surface area contributed by atoms with Gasteiger partial charge in [-0.15, -0.1) is 0 Å². The number of carboxylic acids is 1. The van der Waals surface area contributed by atoms with Crippen molar-refractivity contribution in [3.63, 3.8) is 0 Å². The Morgan fingerprint density at radius 2 is 1.82 bits per heavy atom. The SMILES string of the molecule is CCC(CC(=O)O)C(=O)NCCC(=O)C(C)C. The van der Waals surface area contributed by atoms with Gasteiger partial charge in [0, 0.05) is 24.8 Å². The highest BCUT2D eigenvalue weighted by molar-refractivity contribution is 5.84. The van der Waals surface area contributed by atoms with Crippen LogP contribution < -0.4 is 5.32 Å². The van der Waals surface area contributed by atoms with Crippen molar-refractivity contribution >= 4 is 17.7 Å². The monoisotopic (exact) mass is 243 g/mol. The van der Waals surface area contributed by atoms with Crippen molar-refractivity contribution < 1.29 is 19.5 Å². The van der Waals surface area contributed by atoms with Crippen molar-refractivity contribution in [1.29, 1.82) is 0 Å². The number of Topliss-reactive ketones (excluding diaryl/α,β-unsaturated/α-hetero) is 1. The molecule has 1 unspecified atom stereocenters. The van der Waals surface area contributed by atoms with Crippen LogP contribution in [-0.2, 0) is 14.4 Å². The number of carbonyl (C=O) groups is 3. The van der Waals surface area contributed by atoms with E-state index < -0.39 is 11.9 Å². The Balaban J connectivity index is 3.99. The first-order valence-electron chi connectivity index (χ1n) is 5.90. The van der Waals surface area contributed by atoms with Gasteiger partial charge < -0.3 is 10.4 Å². The molecule has 0 rings (SSSR count). The van der Waals surface area contributed by atoms with E-state index in [1.807, 2.05) is 13.8 Å². The Hall–Kier alpha value is -1.39. The largest absolute Gasteiger partial charge is 0.481 e. The smallest absolute Gasteiger partial charge is 0.304 e. The molecule has 1 atom stereocenters. The number of hydrogen-bond acceptors (Lipinski definition) is 3. The molecule has 17 heavy (non-hydrogen) atoms. The van der Waals surface area contributed by atoms with Crippen molar-refractivity contribution in [2.24, 2.45) is 11.8 Å². The minimum absolute atomic E-state index is 0.0344. The third-order valence-electron chi connectivity index (χ3n) is 2.60. The Morgan fingerprint density at radius 3 is 2.24 bits per heavy atom. The predicted octanol–water partition coefficient (Wildman–Crippen LogP) is 1.22. The third-order valence-corrected chi connectivity index (χ3v) is 2.60. The maximum Gasteiger partial charge on any atom is 0.304 e. The van der Waals surface area contributed by atoms with E-state index in [-0.39, 0.29) is 30.6 Å². The fraction of sp³-hybridized carbons (Fsp3) is 0.750. The zero-order chi connectivity index (χ0) is 13.4. The van der Waals surface area contributed by atoms with Gasteiger partial charge in [-0.1, -0.05) is 20.8 Å². The molecule has 2 N–H and O–H groups in total. The summed E-state index contributed by atoms with van der Waals surface area (Å²) in [7, 11) is 0. The lowest BCUT2D eigenvalue weighted by atomic mass is 10.0. The summed E-state index contributed by atoms with van der Waals surface area (Å²) in [4.78, 5) is 33.4. The van der Waals surface area contributed by atoms with Crippen LogP contribution in [0.4, 0.5) is 0 Å². The highest BCUT2D eigenvalue weighted by Crippen LogP contribution is 2.08. The minimum atomic E-state index is -0.981. The summed E-state index contributed by atoms with van der Waals surface area (Å²) < 4.78 is 0. The van der Waals surface area contributed by atoms with Crippen LogP contribution in [0.2, 0.25) is 0 Å². The van der Waals surface area contributed by atoms with Gasteiger partial charge in [0.2, 0.25) is 5.91 Å². The highest BCUT2D eigenvalue weighted by atomic mass is 16.4. The topological polar surface area (TPSA) is 83.5 Å². The quantitative estimate of drug-likeness (QED) is 0.671. The van der Waals surface area contributed by atoms with Gasteiger partial charge in [0.15, 0.2) is 0 Å². The molecule has 0 bridgehead atoms. The van der Waals surface area contributed by atoms with Crippen LogP contribution in [0.3, 0.4) is 0 Å². The molecule has 0 heterocycles. The van der Waals surface area contributed by atoms with E-state index in [9.17, 15) is 14.4 Å². The van der Waals surface area contributed by atoms with E-state index in [0.29, 0.717) is 12.8 Å². The maximum atomic E-state index is 11.6. The summed E-state index contributed by atoms with van der Waals surface area (Å²) in [5.74, 6) is -1.72. The van der Waals surface area contributed by atoms with Crippen molar-refractivity contribution in [3.8, 4) is 0 Å². The van der Waals surface area contributed by atoms with E-state index in [1.165, 1.54) is 0 Å². The molecule has 0 spiro atoms. The summed E-state index contributed by atoms with van der Waals surface area (Å²) in [6.45, 7) is 5.67. The normalized spacial score (nSPS) is 12.2. The molecule has 0 aromatic heterocycles. The summed E-state index contributed by atoms with van der Waals surface area (Å²) >= 11 is 0. The fourth-order valence-electron chi connectivity index (χ4n) is 1.38. The molecule has 0 aliphatic heterocycles. The number of ketones is 1. The van der Waals surface area contributed by atoms with Crippen LogP contribution in [0, 0.1) is 11.8 Å². The van der Waals surface area contributed by atoms with E-state index in [4.69, 9.17) is 5.11 Å². The van der Waals surface area contributed by atoms with Gasteiger partial charge in [-0.05, 0) is 6.42 Å². The van der Waals surface area contributed by atoms with Crippen LogP contribution in [-0.4, -0.2) is 29.3 Å². The molecule has 0 aromatic carbocycles. The molecule has 0 aromatic rings. The second-order valence-electron chi connectivity index (χ2n) is 4.37. The number of nitrogens with one attached hydrogen (secondary N) is 1. The number of carboxylic acid groups (broad SMARTS) is 1. The first-order chi connectivity index (χ1) is 7.88. The summed E-state index contributed by atoms with van der Waals surface area (Å²) in [6, 6.07) is 0. The van der Waals surface area contributed by atoms with E-state index in [2.05, 4.69) is 5.32 Å². The Labute approximate surface area is 102 Å². The van der Waals surface area contributed by atoms with Crippen LogP contribution in [0.5, 0.6) is 0 Å². The lowest BCUT2D eigenvalue weighted by Gasteiger charge is -2.12. The zero-order valence-corrected chi connectivity index (χ0v) is 10.7. The molecule has 1 amide bonds. The van der Waals surface area contributed by atoms with Crippen LogP contribution in [0.25, 0.3) is 0 Å². The standard InChI is InChI=1S/C12H21NO4/c1-4-9(7-11(15)16)12(17)13-6-5-10(14)8(2)3/h8-9H,4-7H2,1-3H3,(H,13,17)(H,15,16). The lowest BCUT2D eigenvalue weighted by Crippen LogP contribution is -2.33. The highest BCUT2D eigenvalue weighted by Gasteiger charge is 2.19. The lowest BCUT2D eigenvalue weighted by molar-refractivity contribution is -0.141. The van der Waals surface area contributed by atoms with Gasteiger partial charge in [-0.2, -0.15) is 0 Å². The molecule has 0 radical (unpaired) electrons. The Bertz CT molecular complexity index is 286. The van der Waals surface area contributed by atoms with E-state index in [0.717, 1.165) is 0 Å². The molecular weight excluding hydrogens is 222 g/mol. The van der Waals surface area contributed by atoms with Crippen molar-refractivity contribution in [2.75, 3.05) is 6.54 Å². The average Bonchev–Trinajstić information content (AvgIpc) is 2.24. The zero-order valence-electron chi connectivity index (χ0n) is 10.7. The van der Waals surface area contributed by atoms with Crippen molar-refractivity contribution in [1.82, 2.24) is 5.32 Å². The maximum absolute atomic E-state index is 11.6. The molecule has 98 valence electrons. The molecule has 0 fully saturated rings. The molecule has 0 saturated heterocycles. The Kier molecular flexibility index (Phi) is 7.18. The molecule has 0 aliphatic carbocycles. The Morgan fingerprint density at radius 1 is 1.24 bits per heavy atom. The minimum Gasteiger partial charge on any atom is -0.481 e. The molecule has 5 heteroatoms. The first kappa shape index (κ1) is 15.6. The third kappa shape index (κ3) is 6.71. The number of rotatable bonds is 8. The van der Waals surface area contributed by atoms with Gasteiger partial charge in [0.1, 0.15) is 5.78 Å². The molecule has 0 aliphatic rings. The van der Waals surface area contributed by atoms with Gasteiger partial charge in [0.25, 0.3) is 0 Å². The molecular formula is C12H21NO4. The fourth-order valence-corrected chi connectivity index (χ4v) is 1.38. The summed E-state index contributed by atoms with van der Waals surface area (Å²) in [5.41, 5.74) is 0. The number of aliphatic carboxylic acids is 1. The average molecular weight is 243 g/mol. The van der Waals surface area contributed by atoms with Crippen molar-refractivity contribution in [2.45, 2.75) is 40.0 Å². The van der Waals surface area contributed by atoms with Crippen LogP contribution in [0.1, 0.15) is 40.0 Å². The van der Waals surface area contributed by atoms with Gasteiger partial charge in [-0.25, -0.2) is 0 Å². The van der Waals surface area contributed by atoms with E-state index >= 15 is 0 Å². The van der Waals surface area contributed by atoms with Crippen LogP contribution >= 0.6 is 0 Å². The van der Waals surface area contributed by atoms with Gasteiger partial charge in [0.05, 0.1) is 6.42 Å². The predicted molar refractivity (Wildman–Crippen MR) is 63.5 cm³/mol. The number of amides is 1. The summed E-state index contributed by atoms with van der Waals surface area (Å²) in [6.07, 6.45) is 0.615. The van der Waals surface area contributed by atoms with E-state index in [1.54, 1.807) is 6.92 Å². The summed E-state index contributed by atoms with van der Waals surface area (Å²) in [5, 5.41) is 11.2. The second-order valence-corrected chi connectivity index (χ2v) is 4.37. The number of carbonyl (C=O) groups excluding carboxylic acids is 2. The van der Waals surface area contributed by atoms with Crippen molar-refractivity contribution in [3.05, 3.63) is 0 Å². The van der Waals surface area contributed by atoms with Gasteiger partial charge >= 0.3 is 5.97 Å². The molecule has 5 nitrogen and oxygen atoms in total. The molecule has 0 saturated carbocycles. The first-order valence-corrected chi connectivity index (χ1v) is 5.90. The number of hydrogen-bond donors (Lipinski definition) is 2. The van der Waals surface area contributed by atoms with Crippen LogP contribution in [0.15, 0.2) is 0 Å².